The van der Waals surface area contributed by atoms with Gasteiger partial charge in [-0.15, -0.1) is 0 Å². The van der Waals surface area contributed by atoms with Crippen molar-refractivity contribution in [2.24, 2.45) is 0 Å². The molecule has 0 unspecified atom stereocenters. The zero-order valence-electron chi connectivity index (χ0n) is 14.1. The summed E-state index contributed by atoms with van der Waals surface area (Å²) in [6.45, 7) is -0.231. The highest BCUT2D eigenvalue weighted by Gasteiger charge is 2.18. The standard InChI is InChI=1S/C20H15BrFN3O2/c21-15-7-6-14(17(22)10-15)11-24-8-9-25-19(20(24)27)16(12-26)18(23-25)13-4-2-1-3-5-13/h1-10,26H,11-12H2. The average molecular weight is 428 g/mol. The number of hydrogen-bond donors (Lipinski definition) is 1. The monoisotopic (exact) mass is 427 g/mol. The Bertz CT molecular complexity index is 1190. The van der Waals surface area contributed by atoms with Gasteiger partial charge < -0.3 is 9.67 Å². The second kappa shape index (κ2) is 7.09. The first-order valence-electron chi connectivity index (χ1n) is 8.29. The number of aromatic nitrogens is 3. The molecule has 27 heavy (non-hydrogen) atoms. The Labute approximate surface area is 162 Å². The Morgan fingerprint density at radius 1 is 1.11 bits per heavy atom. The van der Waals surface area contributed by atoms with E-state index in [4.69, 9.17) is 0 Å². The van der Waals surface area contributed by atoms with Gasteiger partial charge in [0.05, 0.1) is 18.8 Å². The van der Waals surface area contributed by atoms with Crippen molar-refractivity contribution in [1.82, 2.24) is 14.2 Å². The van der Waals surface area contributed by atoms with Gasteiger partial charge in [0.25, 0.3) is 5.56 Å². The van der Waals surface area contributed by atoms with Crippen molar-refractivity contribution < 1.29 is 9.50 Å². The molecule has 0 radical (unpaired) electrons. The van der Waals surface area contributed by atoms with Gasteiger partial charge in [0.1, 0.15) is 11.3 Å². The lowest BCUT2D eigenvalue weighted by Gasteiger charge is -2.08. The van der Waals surface area contributed by atoms with E-state index >= 15 is 0 Å². The Kier molecular flexibility index (Phi) is 4.63. The molecule has 2 heterocycles. The number of halogens is 2. The molecule has 0 fully saturated rings. The van der Waals surface area contributed by atoms with Gasteiger partial charge in [0.15, 0.2) is 0 Å². The Morgan fingerprint density at radius 3 is 2.59 bits per heavy atom. The van der Waals surface area contributed by atoms with Crippen LogP contribution in [0.15, 0.2) is 70.2 Å². The van der Waals surface area contributed by atoms with Crippen molar-refractivity contribution in [2.75, 3.05) is 0 Å². The van der Waals surface area contributed by atoms with E-state index in [1.165, 1.54) is 15.1 Å². The Balaban J connectivity index is 1.85. The van der Waals surface area contributed by atoms with Crippen LogP contribution < -0.4 is 5.56 Å². The second-order valence-corrected chi connectivity index (χ2v) is 7.03. The summed E-state index contributed by atoms with van der Waals surface area (Å²) >= 11 is 3.22. The normalized spacial score (nSPS) is 11.2. The van der Waals surface area contributed by atoms with Gasteiger partial charge in [-0.2, -0.15) is 5.10 Å². The first-order valence-corrected chi connectivity index (χ1v) is 9.08. The molecule has 0 saturated carbocycles. The highest BCUT2D eigenvalue weighted by atomic mass is 79.9. The molecule has 0 bridgehead atoms. The van der Waals surface area contributed by atoms with Gasteiger partial charge in [-0.1, -0.05) is 52.3 Å². The van der Waals surface area contributed by atoms with E-state index < -0.39 is 5.82 Å². The smallest absolute Gasteiger partial charge is 0.277 e. The molecule has 0 aliphatic carbocycles. The van der Waals surface area contributed by atoms with Crippen LogP contribution in [0.25, 0.3) is 16.8 Å². The van der Waals surface area contributed by atoms with E-state index in [0.29, 0.717) is 21.3 Å². The summed E-state index contributed by atoms with van der Waals surface area (Å²) in [5.41, 5.74) is 2.18. The Morgan fingerprint density at radius 2 is 1.89 bits per heavy atom. The number of fused-ring (bicyclic) bond motifs is 1. The quantitative estimate of drug-likeness (QED) is 0.541. The molecule has 0 amide bonds. The number of hydrogen-bond acceptors (Lipinski definition) is 3. The maximum Gasteiger partial charge on any atom is 0.277 e. The minimum atomic E-state index is -0.392. The predicted molar refractivity (Wildman–Crippen MR) is 104 cm³/mol. The van der Waals surface area contributed by atoms with Gasteiger partial charge in [0, 0.05) is 33.6 Å². The first kappa shape index (κ1) is 17.6. The Hall–Kier alpha value is -2.77. The molecule has 0 atom stereocenters. The van der Waals surface area contributed by atoms with E-state index in [9.17, 15) is 14.3 Å². The summed E-state index contributed by atoms with van der Waals surface area (Å²) in [5.74, 6) is -0.392. The number of nitrogens with zero attached hydrogens (tertiary/aromatic N) is 3. The molecule has 4 aromatic rings. The average Bonchev–Trinajstić information content (AvgIpc) is 3.06. The highest BCUT2D eigenvalue weighted by molar-refractivity contribution is 9.10. The molecule has 4 rings (SSSR count). The molecular weight excluding hydrogens is 413 g/mol. The fraction of sp³-hybridized carbons (Fsp3) is 0.100. The number of benzene rings is 2. The van der Waals surface area contributed by atoms with Crippen LogP contribution >= 0.6 is 15.9 Å². The summed E-state index contributed by atoms with van der Waals surface area (Å²) in [6.07, 6.45) is 3.21. The van der Waals surface area contributed by atoms with Gasteiger partial charge >= 0.3 is 0 Å². The molecule has 2 aromatic carbocycles. The predicted octanol–water partition coefficient (Wildman–Crippen LogP) is 3.61. The van der Waals surface area contributed by atoms with Gasteiger partial charge in [-0.05, 0) is 12.1 Å². The van der Waals surface area contributed by atoms with E-state index in [1.807, 2.05) is 30.3 Å². The van der Waals surface area contributed by atoms with Crippen LogP contribution in [0.2, 0.25) is 0 Å². The SMILES string of the molecule is O=c1c2c(CO)c(-c3ccccc3)nn2ccn1Cc1ccc(Br)cc1F. The van der Waals surface area contributed by atoms with Gasteiger partial charge in [0.2, 0.25) is 0 Å². The maximum atomic E-state index is 14.1. The molecule has 0 spiro atoms. The zero-order valence-corrected chi connectivity index (χ0v) is 15.7. The molecule has 0 saturated heterocycles. The molecule has 136 valence electrons. The molecule has 1 N–H and O–H groups in total. The third-order valence-electron chi connectivity index (χ3n) is 4.42. The van der Waals surface area contributed by atoms with Crippen molar-refractivity contribution in [3.63, 3.8) is 0 Å². The van der Waals surface area contributed by atoms with E-state index in [1.54, 1.807) is 24.5 Å². The second-order valence-electron chi connectivity index (χ2n) is 6.11. The first-order chi connectivity index (χ1) is 13.1. The van der Waals surface area contributed by atoms with E-state index in [2.05, 4.69) is 21.0 Å². The molecule has 0 aliphatic rings. The third-order valence-corrected chi connectivity index (χ3v) is 4.91. The summed E-state index contributed by atoms with van der Waals surface area (Å²) in [6, 6.07) is 14.1. The number of rotatable bonds is 4. The van der Waals surface area contributed by atoms with Crippen molar-refractivity contribution in [3.05, 3.63) is 92.7 Å². The summed E-state index contributed by atoms with van der Waals surface area (Å²) < 4.78 is 17.7. The summed E-state index contributed by atoms with van der Waals surface area (Å²) in [4.78, 5) is 13.0. The molecule has 7 heteroatoms. The molecular formula is C20H15BrFN3O2. The van der Waals surface area contributed by atoms with Crippen molar-refractivity contribution in [2.45, 2.75) is 13.2 Å². The van der Waals surface area contributed by atoms with Gasteiger partial charge in [-0.3, -0.25) is 4.79 Å². The van der Waals surface area contributed by atoms with Crippen LogP contribution in [0.4, 0.5) is 4.39 Å². The minimum absolute atomic E-state index is 0.0885. The minimum Gasteiger partial charge on any atom is -0.392 e. The molecule has 5 nitrogen and oxygen atoms in total. The van der Waals surface area contributed by atoms with E-state index in [0.717, 1.165) is 5.56 Å². The number of aliphatic hydroxyl groups is 1. The van der Waals surface area contributed by atoms with Crippen LogP contribution in [0.1, 0.15) is 11.1 Å². The summed E-state index contributed by atoms with van der Waals surface area (Å²) in [5, 5.41) is 14.3. The summed E-state index contributed by atoms with van der Waals surface area (Å²) in [7, 11) is 0. The maximum absolute atomic E-state index is 14.1. The topological polar surface area (TPSA) is 59.5 Å². The lowest BCUT2D eigenvalue weighted by Crippen LogP contribution is -2.23. The van der Waals surface area contributed by atoms with Crippen molar-refractivity contribution in [3.8, 4) is 11.3 Å². The van der Waals surface area contributed by atoms with Crippen LogP contribution in [0.5, 0.6) is 0 Å². The fourth-order valence-electron chi connectivity index (χ4n) is 3.09. The molecule has 0 aliphatic heterocycles. The fourth-order valence-corrected chi connectivity index (χ4v) is 3.42. The van der Waals surface area contributed by atoms with Crippen molar-refractivity contribution in [1.29, 1.82) is 0 Å². The largest absolute Gasteiger partial charge is 0.392 e. The third kappa shape index (κ3) is 3.20. The molecule has 2 aromatic heterocycles. The van der Waals surface area contributed by atoms with Crippen molar-refractivity contribution >= 4 is 21.4 Å². The lowest BCUT2D eigenvalue weighted by molar-refractivity contribution is 0.283. The highest BCUT2D eigenvalue weighted by Crippen LogP contribution is 2.24. The van der Waals surface area contributed by atoms with Gasteiger partial charge in [-0.25, -0.2) is 8.91 Å². The number of aliphatic hydroxyl groups excluding tert-OH is 1. The lowest BCUT2D eigenvalue weighted by atomic mass is 10.1. The van der Waals surface area contributed by atoms with Crippen LogP contribution in [0.3, 0.4) is 0 Å². The van der Waals surface area contributed by atoms with Crippen LogP contribution in [-0.2, 0) is 13.2 Å². The van der Waals surface area contributed by atoms with E-state index in [-0.39, 0.29) is 24.2 Å². The zero-order chi connectivity index (χ0) is 19.0. The van der Waals surface area contributed by atoms with Crippen LogP contribution in [0, 0.1) is 5.82 Å². The van der Waals surface area contributed by atoms with Crippen LogP contribution in [-0.4, -0.2) is 19.3 Å².